The van der Waals surface area contributed by atoms with Crippen LogP contribution in [0.3, 0.4) is 0 Å². The van der Waals surface area contributed by atoms with Gasteiger partial charge in [0.25, 0.3) is 0 Å². The Hall–Kier alpha value is -1.07. The minimum absolute atomic E-state index is 0.337. The largest absolute Gasteiger partial charge is 0.381 e. The van der Waals surface area contributed by atoms with Gasteiger partial charge in [0, 0.05) is 18.3 Å². The minimum Gasteiger partial charge on any atom is -0.381 e. The summed E-state index contributed by atoms with van der Waals surface area (Å²) >= 11 is 0. The van der Waals surface area contributed by atoms with Crippen LogP contribution < -0.4 is 10.6 Å². The van der Waals surface area contributed by atoms with Gasteiger partial charge in [-0.15, -0.1) is 0 Å². The van der Waals surface area contributed by atoms with Crippen LogP contribution in [0, 0.1) is 0 Å². The minimum atomic E-state index is -3.18. The molecule has 0 radical (unpaired) electrons. The molecule has 1 aliphatic rings. The van der Waals surface area contributed by atoms with Crippen LogP contribution in [0.2, 0.25) is 0 Å². The molecule has 1 fully saturated rings. The van der Waals surface area contributed by atoms with Gasteiger partial charge in [0.2, 0.25) is 0 Å². The molecule has 1 heterocycles. The highest BCUT2D eigenvalue weighted by molar-refractivity contribution is 7.90. The number of sulfone groups is 1. The quantitative estimate of drug-likeness (QED) is 0.875. The van der Waals surface area contributed by atoms with E-state index >= 15 is 0 Å². The summed E-state index contributed by atoms with van der Waals surface area (Å²) in [6.07, 6.45) is 3.28. The lowest BCUT2D eigenvalue weighted by Crippen LogP contribution is -2.41. The first-order valence-corrected chi connectivity index (χ1v) is 8.15. The highest BCUT2D eigenvalue weighted by Gasteiger charge is 2.20. The van der Waals surface area contributed by atoms with Crippen molar-refractivity contribution in [3.8, 4) is 0 Å². The summed E-state index contributed by atoms with van der Waals surface area (Å²) in [7, 11) is -3.18. The van der Waals surface area contributed by atoms with Gasteiger partial charge in [0.05, 0.1) is 10.6 Å². The zero-order valence-corrected chi connectivity index (χ0v) is 11.6. The third kappa shape index (κ3) is 3.23. The van der Waals surface area contributed by atoms with E-state index in [9.17, 15) is 8.42 Å². The molecule has 0 saturated carbocycles. The van der Waals surface area contributed by atoms with Crippen molar-refractivity contribution >= 4 is 15.5 Å². The lowest BCUT2D eigenvalue weighted by molar-refractivity contribution is 0.396. The van der Waals surface area contributed by atoms with E-state index in [2.05, 4.69) is 17.6 Å². The summed E-state index contributed by atoms with van der Waals surface area (Å²) in [5, 5.41) is 6.75. The first-order valence-electron chi connectivity index (χ1n) is 6.26. The van der Waals surface area contributed by atoms with E-state index in [0.717, 1.165) is 25.1 Å². The van der Waals surface area contributed by atoms with E-state index in [-0.39, 0.29) is 0 Å². The first kappa shape index (κ1) is 13.4. The third-order valence-corrected chi connectivity index (χ3v) is 4.42. The van der Waals surface area contributed by atoms with Crippen molar-refractivity contribution in [1.29, 1.82) is 0 Å². The summed E-state index contributed by atoms with van der Waals surface area (Å²) in [6, 6.07) is 7.92. The molecular weight excluding hydrogens is 248 g/mol. The molecule has 4 nitrogen and oxygen atoms in total. The summed E-state index contributed by atoms with van der Waals surface area (Å²) in [5.74, 6) is 0. The van der Waals surface area contributed by atoms with E-state index in [1.807, 2.05) is 12.1 Å². The van der Waals surface area contributed by atoms with E-state index in [1.54, 1.807) is 12.1 Å². The molecule has 100 valence electrons. The molecule has 0 aromatic heterocycles. The Kier molecular flexibility index (Phi) is 3.92. The molecule has 1 saturated heterocycles. The number of hydrogen-bond donors (Lipinski definition) is 2. The van der Waals surface area contributed by atoms with Gasteiger partial charge < -0.3 is 10.6 Å². The van der Waals surface area contributed by atoms with Crippen LogP contribution in [0.25, 0.3) is 0 Å². The van der Waals surface area contributed by atoms with Crippen molar-refractivity contribution in [2.45, 2.75) is 36.7 Å². The van der Waals surface area contributed by atoms with Crippen LogP contribution in [0.5, 0.6) is 0 Å². The van der Waals surface area contributed by atoms with Crippen molar-refractivity contribution in [3.63, 3.8) is 0 Å². The van der Waals surface area contributed by atoms with Crippen LogP contribution in [0.1, 0.15) is 19.8 Å². The zero-order chi connectivity index (χ0) is 13.2. The average Bonchev–Trinajstić information content (AvgIpc) is 2.28. The van der Waals surface area contributed by atoms with Crippen LogP contribution >= 0.6 is 0 Å². The summed E-state index contributed by atoms with van der Waals surface area (Å²) in [6.45, 7) is 3.12. The number of hydrogen-bond acceptors (Lipinski definition) is 4. The van der Waals surface area contributed by atoms with Gasteiger partial charge in [-0.05, 0) is 38.4 Å². The Labute approximate surface area is 109 Å². The highest BCUT2D eigenvalue weighted by Crippen LogP contribution is 2.23. The molecule has 1 aromatic rings. The average molecular weight is 268 g/mol. The SMILES string of the molecule is CC1CC(Nc2ccccc2S(C)(=O)=O)CCN1. The maximum atomic E-state index is 11.7. The van der Waals surface area contributed by atoms with Crippen molar-refractivity contribution in [2.75, 3.05) is 18.1 Å². The van der Waals surface area contributed by atoms with E-state index in [0.29, 0.717) is 17.0 Å². The first-order chi connectivity index (χ1) is 8.47. The van der Waals surface area contributed by atoms with Crippen LogP contribution in [0.15, 0.2) is 29.2 Å². The second kappa shape index (κ2) is 5.28. The molecule has 1 aromatic carbocycles. The Morgan fingerprint density at radius 3 is 2.72 bits per heavy atom. The van der Waals surface area contributed by atoms with Gasteiger partial charge in [-0.1, -0.05) is 12.1 Å². The topological polar surface area (TPSA) is 58.2 Å². The molecule has 0 bridgehead atoms. The van der Waals surface area contributed by atoms with Crippen LogP contribution in [-0.4, -0.2) is 33.3 Å². The number of piperidine rings is 1. The summed E-state index contributed by atoms with van der Waals surface area (Å²) < 4.78 is 23.4. The number of nitrogens with one attached hydrogen (secondary N) is 2. The van der Waals surface area contributed by atoms with Crippen molar-refractivity contribution < 1.29 is 8.42 Å². The number of anilines is 1. The smallest absolute Gasteiger partial charge is 0.177 e. The Morgan fingerprint density at radius 2 is 2.06 bits per heavy atom. The molecule has 2 rings (SSSR count). The molecular formula is C13H20N2O2S. The zero-order valence-electron chi connectivity index (χ0n) is 10.8. The van der Waals surface area contributed by atoms with E-state index in [1.165, 1.54) is 6.26 Å². The standard InChI is InChI=1S/C13H20N2O2S/c1-10-9-11(7-8-14-10)15-12-5-3-4-6-13(12)18(2,16)17/h3-6,10-11,14-15H,7-9H2,1-2H3. The molecule has 2 unspecified atom stereocenters. The lowest BCUT2D eigenvalue weighted by Gasteiger charge is -2.29. The van der Waals surface area contributed by atoms with Gasteiger partial charge in [-0.2, -0.15) is 0 Å². The summed E-state index contributed by atoms with van der Waals surface area (Å²) in [5.41, 5.74) is 0.721. The van der Waals surface area contributed by atoms with Gasteiger partial charge in [-0.3, -0.25) is 0 Å². The molecule has 18 heavy (non-hydrogen) atoms. The molecule has 0 spiro atoms. The number of para-hydroxylation sites is 1. The molecule has 5 heteroatoms. The lowest BCUT2D eigenvalue weighted by atomic mass is 10.0. The van der Waals surface area contributed by atoms with Crippen LogP contribution in [-0.2, 0) is 9.84 Å². The van der Waals surface area contributed by atoms with Crippen molar-refractivity contribution in [1.82, 2.24) is 5.32 Å². The van der Waals surface area contributed by atoms with Gasteiger partial charge >= 0.3 is 0 Å². The fourth-order valence-electron chi connectivity index (χ4n) is 2.39. The highest BCUT2D eigenvalue weighted by atomic mass is 32.2. The molecule has 1 aliphatic heterocycles. The van der Waals surface area contributed by atoms with Crippen molar-refractivity contribution in [2.24, 2.45) is 0 Å². The molecule has 0 aliphatic carbocycles. The Bertz CT molecular complexity index is 513. The maximum Gasteiger partial charge on any atom is 0.177 e. The van der Waals surface area contributed by atoms with Crippen molar-refractivity contribution in [3.05, 3.63) is 24.3 Å². The molecule has 2 N–H and O–H groups in total. The number of benzene rings is 1. The normalized spacial score (nSPS) is 24.8. The second-order valence-electron chi connectivity index (χ2n) is 4.99. The predicted molar refractivity (Wildman–Crippen MR) is 73.7 cm³/mol. The Morgan fingerprint density at radius 1 is 1.33 bits per heavy atom. The van der Waals surface area contributed by atoms with Gasteiger partial charge in [-0.25, -0.2) is 8.42 Å². The number of rotatable bonds is 3. The maximum absolute atomic E-state index is 11.7. The summed E-state index contributed by atoms with van der Waals surface area (Å²) in [4.78, 5) is 0.385. The fraction of sp³-hybridized carbons (Fsp3) is 0.538. The Balaban J connectivity index is 2.19. The van der Waals surface area contributed by atoms with Gasteiger partial charge in [0.15, 0.2) is 9.84 Å². The molecule has 0 amide bonds. The second-order valence-corrected chi connectivity index (χ2v) is 6.97. The molecule has 2 atom stereocenters. The fourth-order valence-corrected chi connectivity index (χ4v) is 3.24. The monoisotopic (exact) mass is 268 g/mol. The van der Waals surface area contributed by atoms with E-state index < -0.39 is 9.84 Å². The third-order valence-electron chi connectivity index (χ3n) is 3.27. The van der Waals surface area contributed by atoms with E-state index in [4.69, 9.17) is 0 Å². The van der Waals surface area contributed by atoms with Crippen LogP contribution in [0.4, 0.5) is 5.69 Å². The predicted octanol–water partition coefficient (Wildman–Crippen LogP) is 1.64. The van der Waals surface area contributed by atoms with Gasteiger partial charge in [0.1, 0.15) is 0 Å².